The topological polar surface area (TPSA) is 63.3 Å². The van der Waals surface area contributed by atoms with E-state index >= 15 is 0 Å². The molecule has 0 atom stereocenters. The van der Waals surface area contributed by atoms with E-state index in [9.17, 15) is 4.79 Å². The first-order valence-electron chi connectivity index (χ1n) is 3.78. The lowest BCUT2D eigenvalue weighted by molar-refractivity contribution is -0.132. The minimum absolute atomic E-state index is 0.354. The lowest BCUT2D eigenvalue weighted by Crippen LogP contribution is -2.08. The van der Waals surface area contributed by atoms with E-state index in [0.29, 0.717) is 17.7 Å². The minimum Gasteiger partial charge on any atom is -0.478 e. The number of hydrogen-bond donors (Lipinski definition) is 2. The molecule has 0 aromatic carbocycles. The Morgan fingerprint density at radius 1 is 1.55 bits per heavy atom. The van der Waals surface area contributed by atoms with Crippen molar-refractivity contribution >= 4 is 5.97 Å². The maximum atomic E-state index is 10.5. The predicted molar refractivity (Wildman–Crippen MR) is 44.0 cm³/mol. The van der Waals surface area contributed by atoms with Crippen molar-refractivity contribution in [1.82, 2.24) is 0 Å². The summed E-state index contributed by atoms with van der Waals surface area (Å²) < 4.78 is 0. The van der Waals surface area contributed by atoms with Crippen molar-refractivity contribution in [2.45, 2.75) is 33.1 Å². The van der Waals surface area contributed by atoms with Crippen LogP contribution in [0, 0.1) is 0 Å². The summed E-state index contributed by atoms with van der Waals surface area (Å²) in [5.41, 5.74) is 6.15. The van der Waals surface area contributed by atoms with Crippen molar-refractivity contribution in [1.29, 1.82) is 0 Å². The molecule has 0 aliphatic heterocycles. The van der Waals surface area contributed by atoms with Gasteiger partial charge in [0, 0.05) is 5.70 Å². The van der Waals surface area contributed by atoms with Crippen molar-refractivity contribution in [3.63, 3.8) is 0 Å². The highest BCUT2D eigenvalue weighted by Gasteiger charge is 2.07. The predicted octanol–water partition coefficient (Wildman–Crippen LogP) is 1.49. The molecule has 64 valence electrons. The second kappa shape index (κ2) is 4.77. The van der Waals surface area contributed by atoms with Crippen molar-refractivity contribution in [2.24, 2.45) is 5.73 Å². The average molecular weight is 157 g/mol. The molecule has 0 aromatic heterocycles. The molecule has 0 radical (unpaired) electrons. The monoisotopic (exact) mass is 157 g/mol. The van der Waals surface area contributed by atoms with Crippen LogP contribution in [-0.2, 0) is 4.79 Å². The normalized spacial score (nSPS) is 12.5. The molecule has 3 nitrogen and oxygen atoms in total. The number of carbonyl (C=O) groups is 1. The zero-order valence-corrected chi connectivity index (χ0v) is 7.05. The molecule has 0 aliphatic rings. The van der Waals surface area contributed by atoms with E-state index in [4.69, 9.17) is 10.8 Å². The van der Waals surface area contributed by atoms with E-state index in [-0.39, 0.29) is 0 Å². The Labute approximate surface area is 66.9 Å². The van der Waals surface area contributed by atoms with Gasteiger partial charge >= 0.3 is 5.97 Å². The number of nitrogens with two attached hydrogens (primary N) is 1. The summed E-state index contributed by atoms with van der Waals surface area (Å²) in [4.78, 5) is 10.5. The first-order chi connectivity index (χ1) is 5.09. The van der Waals surface area contributed by atoms with E-state index in [0.717, 1.165) is 12.8 Å². The van der Waals surface area contributed by atoms with Crippen LogP contribution >= 0.6 is 0 Å². The van der Waals surface area contributed by atoms with Crippen molar-refractivity contribution in [3.8, 4) is 0 Å². The van der Waals surface area contributed by atoms with Gasteiger partial charge in [-0.25, -0.2) is 4.79 Å². The summed E-state index contributed by atoms with van der Waals surface area (Å²) in [6.07, 6.45) is 2.45. The molecular weight excluding hydrogens is 142 g/mol. The van der Waals surface area contributed by atoms with Crippen LogP contribution < -0.4 is 5.73 Å². The van der Waals surface area contributed by atoms with Crippen LogP contribution in [0.5, 0.6) is 0 Å². The van der Waals surface area contributed by atoms with Crippen molar-refractivity contribution < 1.29 is 9.90 Å². The van der Waals surface area contributed by atoms with Crippen LogP contribution in [0.4, 0.5) is 0 Å². The molecular formula is C8H15NO2. The van der Waals surface area contributed by atoms with Gasteiger partial charge in [-0.05, 0) is 19.8 Å². The van der Waals surface area contributed by atoms with Gasteiger partial charge in [-0.2, -0.15) is 0 Å². The van der Waals surface area contributed by atoms with Crippen LogP contribution in [0.3, 0.4) is 0 Å². The highest BCUT2D eigenvalue weighted by atomic mass is 16.4. The molecule has 0 aromatic rings. The van der Waals surface area contributed by atoms with Crippen molar-refractivity contribution in [2.75, 3.05) is 0 Å². The summed E-state index contributed by atoms with van der Waals surface area (Å²) in [7, 11) is 0. The number of aliphatic carboxylic acids is 1. The number of unbranched alkanes of at least 4 members (excludes halogenated alkanes) is 1. The Bertz CT molecular complexity index is 169. The van der Waals surface area contributed by atoms with Gasteiger partial charge in [0.2, 0.25) is 0 Å². The molecule has 0 rings (SSSR count). The fourth-order valence-corrected chi connectivity index (χ4v) is 0.826. The molecule has 0 unspecified atom stereocenters. The maximum absolute atomic E-state index is 10.5. The third-order valence-electron chi connectivity index (χ3n) is 1.51. The summed E-state index contributed by atoms with van der Waals surface area (Å²) in [5.74, 6) is -0.890. The van der Waals surface area contributed by atoms with E-state index in [1.54, 1.807) is 6.92 Å². The fraction of sp³-hybridized carbons (Fsp3) is 0.625. The third-order valence-corrected chi connectivity index (χ3v) is 1.51. The third kappa shape index (κ3) is 3.65. The van der Waals surface area contributed by atoms with Gasteiger partial charge in [-0.3, -0.25) is 0 Å². The Morgan fingerprint density at radius 2 is 2.09 bits per heavy atom. The average Bonchev–Trinajstić information content (AvgIpc) is 1.87. The van der Waals surface area contributed by atoms with Crippen LogP contribution in [0.2, 0.25) is 0 Å². The number of carboxylic acid groups (broad SMARTS) is 1. The van der Waals surface area contributed by atoms with E-state index in [1.807, 2.05) is 6.92 Å². The highest BCUT2D eigenvalue weighted by molar-refractivity contribution is 5.87. The van der Waals surface area contributed by atoms with Crippen LogP contribution in [0.1, 0.15) is 33.1 Å². The lowest BCUT2D eigenvalue weighted by atomic mass is 10.1. The lowest BCUT2D eigenvalue weighted by Gasteiger charge is -2.02. The van der Waals surface area contributed by atoms with E-state index < -0.39 is 5.97 Å². The van der Waals surface area contributed by atoms with Gasteiger partial charge in [0.25, 0.3) is 0 Å². The molecule has 3 N–H and O–H groups in total. The Morgan fingerprint density at radius 3 is 2.36 bits per heavy atom. The number of rotatable bonds is 4. The van der Waals surface area contributed by atoms with Gasteiger partial charge in [-0.1, -0.05) is 13.3 Å². The first-order valence-corrected chi connectivity index (χ1v) is 3.78. The first kappa shape index (κ1) is 10.0. The second-order valence-corrected chi connectivity index (χ2v) is 2.57. The summed E-state index contributed by atoms with van der Waals surface area (Å²) in [5, 5.41) is 8.63. The smallest absolute Gasteiger partial charge is 0.333 e. The molecule has 0 bridgehead atoms. The molecule has 0 heterocycles. The molecule has 0 saturated carbocycles. The molecule has 0 fully saturated rings. The highest BCUT2D eigenvalue weighted by Crippen LogP contribution is 2.09. The van der Waals surface area contributed by atoms with E-state index in [1.165, 1.54) is 0 Å². The molecule has 0 amide bonds. The molecule has 3 heteroatoms. The summed E-state index contributed by atoms with van der Waals surface area (Å²) in [6.45, 7) is 3.64. The quantitative estimate of drug-likeness (QED) is 0.608. The van der Waals surface area contributed by atoms with Crippen LogP contribution in [-0.4, -0.2) is 11.1 Å². The summed E-state index contributed by atoms with van der Waals surface area (Å²) in [6, 6.07) is 0. The van der Waals surface area contributed by atoms with Gasteiger partial charge in [0.15, 0.2) is 0 Å². The Hall–Kier alpha value is -0.990. The van der Waals surface area contributed by atoms with Crippen LogP contribution in [0.25, 0.3) is 0 Å². The van der Waals surface area contributed by atoms with Crippen LogP contribution in [0.15, 0.2) is 11.3 Å². The van der Waals surface area contributed by atoms with E-state index in [2.05, 4.69) is 0 Å². The Kier molecular flexibility index (Phi) is 4.34. The van der Waals surface area contributed by atoms with Gasteiger partial charge in [0.1, 0.15) is 0 Å². The molecule has 0 spiro atoms. The number of allylic oxidation sites excluding steroid dienone is 1. The minimum atomic E-state index is -0.890. The zero-order valence-electron chi connectivity index (χ0n) is 7.05. The summed E-state index contributed by atoms with van der Waals surface area (Å²) >= 11 is 0. The second-order valence-electron chi connectivity index (χ2n) is 2.57. The standard InChI is InChI=1S/C8H15NO2/c1-3-4-5-7(6(2)9)8(10)11/h3-5,9H2,1-2H3,(H,10,11). The van der Waals surface area contributed by atoms with Crippen molar-refractivity contribution in [3.05, 3.63) is 11.3 Å². The SMILES string of the molecule is CCCCC(C(=O)O)=C(C)N. The van der Waals surface area contributed by atoms with Gasteiger partial charge in [0.05, 0.1) is 5.57 Å². The van der Waals surface area contributed by atoms with Gasteiger partial charge < -0.3 is 10.8 Å². The molecule has 11 heavy (non-hydrogen) atoms. The fourth-order valence-electron chi connectivity index (χ4n) is 0.826. The largest absolute Gasteiger partial charge is 0.478 e. The zero-order chi connectivity index (χ0) is 8.85. The maximum Gasteiger partial charge on any atom is 0.333 e. The molecule has 0 saturated heterocycles. The Balaban J connectivity index is 4.14. The number of hydrogen-bond acceptors (Lipinski definition) is 2. The number of carboxylic acids is 1. The van der Waals surface area contributed by atoms with Gasteiger partial charge in [-0.15, -0.1) is 0 Å². The molecule has 0 aliphatic carbocycles.